The van der Waals surface area contributed by atoms with Gasteiger partial charge in [0, 0.05) is 0 Å². The van der Waals surface area contributed by atoms with Crippen molar-refractivity contribution in [2.24, 2.45) is 0 Å². The van der Waals surface area contributed by atoms with Crippen LogP contribution in [0.5, 0.6) is 0 Å². The molecule has 92 valence electrons. The van der Waals surface area contributed by atoms with Crippen LogP contribution in [0.25, 0.3) is 11.1 Å². The van der Waals surface area contributed by atoms with Crippen molar-refractivity contribution in [1.29, 1.82) is 0 Å². The second-order valence-corrected chi connectivity index (χ2v) is 5.22. The van der Waals surface area contributed by atoms with Crippen LogP contribution in [0.1, 0.15) is 49.3 Å². The van der Waals surface area contributed by atoms with E-state index in [1.807, 2.05) is 0 Å². The molecular formula is C18H20. The topological polar surface area (TPSA) is 0 Å². The maximum atomic E-state index is 2.34. The van der Waals surface area contributed by atoms with Crippen molar-refractivity contribution in [3.05, 3.63) is 59.2 Å². The molecule has 0 amide bonds. The third-order valence-corrected chi connectivity index (χ3v) is 4.31. The van der Waals surface area contributed by atoms with Gasteiger partial charge in [-0.1, -0.05) is 56.3 Å². The van der Waals surface area contributed by atoms with Crippen LogP contribution in [0.2, 0.25) is 0 Å². The summed E-state index contributed by atoms with van der Waals surface area (Å²) in [5.41, 5.74) is 7.56. The molecule has 2 aromatic rings. The van der Waals surface area contributed by atoms with Crippen molar-refractivity contribution >= 4 is 0 Å². The third-order valence-electron chi connectivity index (χ3n) is 4.31. The average Bonchev–Trinajstić information content (AvgIpc) is 2.80. The second kappa shape index (κ2) is 4.61. The van der Waals surface area contributed by atoms with Gasteiger partial charge in [0.05, 0.1) is 0 Å². The molecule has 0 heteroatoms. The van der Waals surface area contributed by atoms with Crippen molar-refractivity contribution in [3.63, 3.8) is 0 Å². The Labute approximate surface area is 110 Å². The number of hydrogen-bond acceptors (Lipinski definition) is 0. The van der Waals surface area contributed by atoms with E-state index in [1.165, 1.54) is 29.5 Å². The van der Waals surface area contributed by atoms with E-state index in [0.717, 1.165) is 6.42 Å². The molecule has 0 fully saturated rings. The molecule has 0 aromatic heterocycles. The Balaban J connectivity index is 2.14. The zero-order valence-corrected chi connectivity index (χ0v) is 11.2. The number of benzene rings is 2. The lowest BCUT2D eigenvalue weighted by Crippen LogP contribution is -2.00. The highest BCUT2D eigenvalue weighted by Gasteiger charge is 2.22. The highest BCUT2D eigenvalue weighted by Crippen LogP contribution is 2.41. The molecule has 0 nitrogen and oxygen atoms in total. The normalized spacial score (nSPS) is 12.6. The van der Waals surface area contributed by atoms with Crippen molar-refractivity contribution in [3.8, 4) is 11.1 Å². The molecule has 0 radical (unpaired) electrons. The summed E-state index contributed by atoms with van der Waals surface area (Å²) in [4.78, 5) is 0. The zero-order valence-electron chi connectivity index (χ0n) is 11.2. The molecule has 3 rings (SSSR count). The molecule has 18 heavy (non-hydrogen) atoms. The number of fused-ring (bicyclic) bond motifs is 3. The molecule has 0 heterocycles. The molecule has 1 aliphatic rings. The summed E-state index contributed by atoms with van der Waals surface area (Å²) < 4.78 is 0. The smallest absolute Gasteiger partial charge is 0.00106 e. The second-order valence-electron chi connectivity index (χ2n) is 5.22. The maximum absolute atomic E-state index is 2.34. The zero-order chi connectivity index (χ0) is 12.5. The summed E-state index contributed by atoms with van der Waals surface area (Å²) in [5, 5.41) is 0. The lowest BCUT2D eigenvalue weighted by atomic mass is 9.88. The molecule has 0 spiro atoms. The van der Waals surface area contributed by atoms with Gasteiger partial charge in [0.2, 0.25) is 0 Å². The first-order chi connectivity index (χ1) is 8.85. The minimum atomic E-state index is 0.717. The monoisotopic (exact) mass is 236 g/mol. The lowest BCUT2D eigenvalue weighted by Gasteiger charge is -2.17. The van der Waals surface area contributed by atoms with Gasteiger partial charge in [0.15, 0.2) is 0 Å². The quantitative estimate of drug-likeness (QED) is 0.589. The van der Waals surface area contributed by atoms with Crippen LogP contribution >= 0.6 is 0 Å². The van der Waals surface area contributed by atoms with E-state index in [4.69, 9.17) is 0 Å². The van der Waals surface area contributed by atoms with Crippen molar-refractivity contribution < 1.29 is 0 Å². The Morgan fingerprint density at radius 2 is 1.61 bits per heavy atom. The standard InChI is InChI=1S/C18H20/c1-3-13(4-2)15-10-7-11-17-16-9-6-5-8-14(16)12-18(15)17/h5-11,13H,3-4,12H2,1-2H3. The van der Waals surface area contributed by atoms with E-state index in [2.05, 4.69) is 56.3 Å². The fraction of sp³-hybridized carbons (Fsp3) is 0.333. The predicted octanol–water partition coefficient (Wildman–Crippen LogP) is 5.16. The van der Waals surface area contributed by atoms with Gasteiger partial charge < -0.3 is 0 Å². The van der Waals surface area contributed by atoms with Gasteiger partial charge in [-0.3, -0.25) is 0 Å². The van der Waals surface area contributed by atoms with E-state index < -0.39 is 0 Å². The van der Waals surface area contributed by atoms with E-state index in [-0.39, 0.29) is 0 Å². The first kappa shape index (κ1) is 11.5. The summed E-state index contributed by atoms with van der Waals surface area (Å²) in [7, 11) is 0. The molecule has 0 unspecified atom stereocenters. The largest absolute Gasteiger partial charge is 0.0648 e. The van der Waals surface area contributed by atoms with Crippen LogP contribution in [0.4, 0.5) is 0 Å². The van der Waals surface area contributed by atoms with Crippen LogP contribution in [0, 0.1) is 0 Å². The average molecular weight is 236 g/mol. The Hall–Kier alpha value is -1.56. The molecule has 0 N–H and O–H groups in total. The van der Waals surface area contributed by atoms with Crippen LogP contribution in [0.15, 0.2) is 42.5 Å². The highest BCUT2D eigenvalue weighted by molar-refractivity contribution is 5.78. The molecule has 0 saturated heterocycles. The van der Waals surface area contributed by atoms with Crippen molar-refractivity contribution in [2.45, 2.75) is 39.0 Å². The van der Waals surface area contributed by atoms with E-state index in [0.29, 0.717) is 5.92 Å². The van der Waals surface area contributed by atoms with Gasteiger partial charge in [-0.05, 0) is 53.0 Å². The van der Waals surface area contributed by atoms with Crippen LogP contribution in [-0.4, -0.2) is 0 Å². The first-order valence-corrected chi connectivity index (χ1v) is 7.05. The van der Waals surface area contributed by atoms with Gasteiger partial charge in [0.25, 0.3) is 0 Å². The Bertz CT molecular complexity index is 562. The fourth-order valence-electron chi connectivity index (χ4n) is 3.29. The summed E-state index contributed by atoms with van der Waals surface area (Å²) in [6, 6.07) is 15.7. The SMILES string of the molecule is CCC(CC)c1cccc2c1Cc1ccccc1-2. The summed E-state index contributed by atoms with van der Waals surface area (Å²) in [6.07, 6.45) is 3.60. The van der Waals surface area contributed by atoms with Crippen LogP contribution in [-0.2, 0) is 6.42 Å². The van der Waals surface area contributed by atoms with Crippen molar-refractivity contribution in [1.82, 2.24) is 0 Å². The number of hydrogen-bond donors (Lipinski definition) is 0. The summed E-state index contributed by atoms with van der Waals surface area (Å²) >= 11 is 0. The van der Waals surface area contributed by atoms with Gasteiger partial charge >= 0.3 is 0 Å². The van der Waals surface area contributed by atoms with Crippen LogP contribution in [0.3, 0.4) is 0 Å². The minimum Gasteiger partial charge on any atom is -0.0648 e. The van der Waals surface area contributed by atoms with Gasteiger partial charge in [0.1, 0.15) is 0 Å². The third kappa shape index (κ3) is 1.68. The first-order valence-electron chi connectivity index (χ1n) is 7.05. The van der Waals surface area contributed by atoms with Gasteiger partial charge in [-0.15, -0.1) is 0 Å². The van der Waals surface area contributed by atoms with Crippen LogP contribution < -0.4 is 0 Å². The van der Waals surface area contributed by atoms with Gasteiger partial charge in [-0.2, -0.15) is 0 Å². The Morgan fingerprint density at radius 1 is 0.889 bits per heavy atom. The minimum absolute atomic E-state index is 0.717. The fourth-order valence-corrected chi connectivity index (χ4v) is 3.29. The predicted molar refractivity (Wildman–Crippen MR) is 78.0 cm³/mol. The molecule has 0 saturated carbocycles. The number of rotatable bonds is 3. The van der Waals surface area contributed by atoms with Crippen molar-refractivity contribution in [2.75, 3.05) is 0 Å². The lowest BCUT2D eigenvalue weighted by molar-refractivity contribution is 0.637. The molecule has 2 aromatic carbocycles. The van der Waals surface area contributed by atoms with E-state index in [9.17, 15) is 0 Å². The Morgan fingerprint density at radius 3 is 2.39 bits per heavy atom. The Kier molecular flexibility index (Phi) is 2.95. The van der Waals surface area contributed by atoms with Gasteiger partial charge in [-0.25, -0.2) is 0 Å². The summed E-state index contributed by atoms with van der Waals surface area (Å²) in [5.74, 6) is 0.717. The maximum Gasteiger partial charge on any atom is -0.00106 e. The highest BCUT2D eigenvalue weighted by atomic mass is 14.3. The molecule has 1 aliphatic carbocycles. The molecule has 0 atom stereocenters. The molecule has 0 aliphatic heterocycles. The molecule has 0 bridgehead atoms. The summed E-state index contributed by atoms with van der Waals surface area (Å²) in [6.45, 7) is 4.60. The van der Waals surface area contributed by atoms with E-state index >= 15 is 0 Å². The molecular weight excluding hydrogens is 216 g/mol. The van der Waals surface area contributed by atoms with E-state index in [1.54, 1.807) is 11.1 Å².